The summed E-state index contributed by atoms with van der Waals surface area (Å²) in [7, 11) is 0. The highest BCUT2D eigenvalue weighted by molar-refractivity contribution is 5.76. The Morgan fingerprint density at radius 2 is 2.07 bits per heavy atom. The van der Waals surface area contributed by atoms with Crippen LogP contribution in [0.5, 0.6) is 0 Å². The number of carbonyl (C=O) groups is 1. The number of rotatable bonds is 4. The van der Waals surface area contributed by atoms with Gasteiger partial charge in [0.15, 0.2) is 0 Å². The fraction of sp³-hybridized carbons (Fsp3) is 0.917. The predicted molar refractivity (Wildman–Crippen MR) is 60.4 cm³/mol. The van der Waals surface area contributed by atoms with Crippen molar-refractivity contribution in [3.05, 3.63) is 0 Å². The zero-order valence-corrected chi connectivity index (χ0v) is 10.0. The summed E-state index contributed by atoms with van der Waals surface area (Å²) < 4.78 is 0. The lowest BCUT2D eigenvalue weighted by Gasteiger charge is -2.33. The van der Waals surface area contributed by atoms with E-state index in [0.717, 1.165) is 12.8 Å². The predicted octanol–water partition coefficient (Wildman–Crippen LogP) is 1.70. The van der Waals surface area contributed by atoms with Crippen molar-refractivity contribution in [2.45, 2.75) is 52.5 Å². The standard InChI is InChI=1S/C12H23NO2/c1-12(2,3)7-11(15)13-10(8-14)9-5-4-6-9/h9-10,14H,4-8H2,1-3H3,(H,13,15)/t10-/m1/s1. The lowest BCUT2D eigenvalue weighted by Crippen LogP contribution is -2.46. The molecule has 0 radical (unpaired) electrons. The second-order valence-electron chi connectivity index (χ2n) is 5.79. The van der Waals surface area contributed by atoms with E-state index in [1.54, 1.807) is 0 Å². The van der Waals surface area contributed by atoms with Crippen molar-refractivity contribution in [1.29, 1.82) is 0 Å². The third-order valence-electron chi connectivity index (χ3n) is 2.95. The van der Waals surface area contributed by atoms with Crippen LogP contribution < -0.4 is 5.32 Å². The van der Waals surface area contributed by atoms with Gasteiger partial charge in [0.1, 0.15) is 0 Å². The van der Waals surface area contributed by atoms with Crippen molar-refractivity contribution >= 4 is 5.91 Å². The Morgan fingerprint density at radius 1 is 1.47 bits per heavy atom. The molecule has 88 valence electrons. The van der Waals surface area contributed by atoms with Gasteiger partial charge in [-0.1, -0.05) is 27.2 Å². The van der Waals surface area contributed by atoms with Crippen molar-refractivity contribution in [3.63, 3.8) is 0 Å². The van der Waals surface area contributed by atoms with E-state index < -0.39 is 0 Å². The Morgan fingerprint density at radius 3 is 2.40 bits per heavy atom. The van der Waals surface area contributed by atoms with Gasteiger partial charge in [0.25, 0.3) is 0 Å². The lowest BCUT2D eigenvalue weighted by molar-refractivity contribution is -0.124. The van der Waals surface area contributed by atoms with Crippen molar-refractivity contribution < 1.29 is 9.90 Å². The van der Waals surface area contributed by atoms with Crippen LogP contribution >= 0.6 is 0 Å². The molecule has 0 aromatic heterocycles. The molecule has 1 atom stereocenters. The molecular formula is C12H23NO2. The molecule has 0 bridgehead atoms. The van der Waals surface area contributed by atoms with Crippen LogP contribution in [0.15, 0.2) is 0 Å². The molecule has 0 aliphatic heterocycles. The molecule has 1 rings (SSSR count). The van der Waals surface area contributed by atoms with Crippen LogP contribution in [0.2, 0.25) is 0 Å². The first-order valence-corrected chi connectivity index (χ1v) is 5.82. The van der Waals surface area contributed by atoms with Crippen LogP contribution in [0, 0.1) is 11.3 Å². The molecule has 0 unspecified atom stereocenters. The van der Waals surface area contributed by atoms with Crippen LogP contribution in [-0.4, -0.2) is 23.7 Å². The first-order chi connectivity index (χ1) is 6.92. The summed E-state index contributed by atoms with van der Waals surface area (Å²) in [5, 5.41) is 12.1. The fourth-order valence-corrected chi connectivity index (χ4v) is 1.89. The average molecular weight is 213 g/mol. The molecule has 0 aromatic carbocycles. The number of hydrogen-bond acceptors (Lipinski definition) is 2. The van der Waals surface area contributed by atoms with Crippen molar-refractivity contribution in [2.24, 2.45) is 11.3 Å². The maximum atomic E-state index is 11.7. The molecule has 0 heterocycles. The topological polar surface area (TPSA) is 49.3 Å². The van der Waals surface area contributed by atoms with Gasteiger partial charge in [0.05, 0.1) is 12.6 Å². The van der Waals surface area contributed by atoms with Gasteiger partial charge >= 0.3 is 0 Å². The number of nitrogens with one attached hydrogen (secondary N) is 1. The minimum absolute atomic E-state index is 0.0176. The highest BCUT2D eigenvalue weighted by Gasteiger charge is 2.28. The summed E-state index contributed by atoms with van der Waals surface area (Å²) in [5.74, 6) is 0.562. The molecule has 0 aromatic rings. The molecule has 1 fully saturated rings. The minimum atomic E-state index is -0.0198. The molecule has 0 saturated heterocycles. The number of aliphatic hydroxyl groups is 1. The fourth-order valence-electron chi connectivity index (χ4n) is 1.89. The largest absolute Gasteiger partial charge is 0.394 e. The van der Waals surface area contributed by atoms with Crippen LogP contribution in [-0.2, 0) is 4.79 Å². The van der Waals surface area contributed by atoms with Crippen LogP contribution in [0.25, 0.3) is 0 Å². The number of carbonyl (C=O) groups excluding carboxylic acids is 1. The molecule has 0 spiro atoms. The van der Waals surface area contributed by atoms with E-state index in [1.807, 2.05) is 20.8 Å². The van der Waals surface area contributed by atoms with Gasteiger partial charge in [-0.05, 0) is 24.2 Å². The minimum Gasteiger partial charge on any atom is -0.394 e. The third kappa shape index (κ3) is 4.20. The molecule has 2 N–H and O–H groups in total. The highest BCUT2D eigenvalue weighted by atomic mass is 16.3. The van der Waals surface area contributed by atoms with Gasteiger partial charge in [-0.3, -0.25) is 4.79 Å². The number of hydrogen-bond donors (Lipinski definition) is 2. The van der Waals surface area contributed by atoms with Gasteiger partial charge < -0.3 is 10.4 Å². The Balaban J connectivity index is 2.34. The van der Waals surface area contributed by atoms with Crippen LogP contribution in [0.4, 0.5) is 0 Å². The van der Waals surface area contributed by atoms with E-state index in [4.69, 9.17) is 0 Å². The first-order valence-electron chi connectivity index (χ1n) is 5.82. The summed E-state index contributed by atoms with van der Waals surface area (Å²) >= 11 is 0. The van der Waals surface area contributed by atoms with E-state index in [0.29, 0.717) is 12.3 Å². The zero-order valence-electron chi connectivity index (χ0n) is 10.0. The van der Waals surface area contributed by atoms with E-state index in [2.05, 4.69) is 5.32 Å². The normalized spacial score (nSPS) is 19.5. The average Bonchev–Trinajstić information content (AvgIpc) is 1.95. The molecule has 3 nitrogen and oxygen atoms in total. The Labute approximate surface area is 92.3 Å². The van der Waals surface area contributed by atoms with E-state index in [-0.39, 0.29) is 24.0 Å². The maximum absolute atomic E-state index is 11.7. The van der Waals surface area contributed by atoms with Crippen LogP contribution in [0.3, 0.4) is 0 Å². The summed E-state index contributed by atoms with van der Waals surface area (Å²) in [4.78, 5) is 11.7. The SMILES string of the molecule is CC(C)(C)CC(=O)N[C@H](CO)C1CCC1. The molecule has 15 heavy (non-hydrogen) atoms. The molecule has 3 heteroatoms. The highest BCUT2D eigenvalue weighted by Crippen LogP contribution is 2.29. The maximum Gasteiger partial charge on any atom is 0.220 e. The smallest absolute Gasteiger partial charge is 0.220 e. The van der Waals surface area contributed by atoms with Gasteiger partial charge in [0, 0.05) is 6.42 Å². The summed E-state index contributed by atoms with van der Waals surface area (Å²) in [6, 6.07) is -0.0198. The third-order valence-corrected chi connectivity index (χ3v) is 2.95. The van der Waals surface area contributed by atoms with Crippen molar-refractivity contribution in [3.8, 4) is 0 Å². The Bertz CT molecular complexity index is 216. The molecule has 1 saturated carbocycles. The van der Waals surface area contributed by atoms with Crippen molar-refractivity contribution in [1.82, 2.24) is 5.32 Å². The van der Waals surface area contributed by atoms with E-state index in [9.17, 15) is 9.90 Å². The van der Waals surface area contributed by atoms with E-state index in [1.165, 1.54) is 6.42 Å². The second kappa shape index (κ2) is 4.97. The quantitative estimate of drug-likeness (QED) is 0.746. The number of aliphatic hydroxyl groups excluding tert-OH is 1. The molecule has 1 amide bonds. The van der Waals surface area contributed by atoms with E-state index >= 15 is 0 Å². The Kier molecular flexibility index (Phi) is 4.14. The van der Waals surface area contributed by atoms with Gasteiger partial charge in [-0.25, -0.2) is 0 Å². The van der Waals surface area contributed by atoms with Gasteiger partial charge in [0.2, 0.25) is 5.91 Å². The van der Waals surface area contributed by atoms with Gasteiger partial charge in [-0.2, -0.15) is 0 Å². The summed E-state index contributed by atoms with van der Waals surface area (Å²) in [6.45, 7) is 6.21. The molecular weight excluding hydrogens is 190 g/mol. The lowest BCUT2D eigenvalue weighted by atomic mass is 9.79. The first kappa shape index (κ1) is 12.5. The van der Waals surface area contributed by atoms with Crippen molar-refractivity contribution in [2.75, 3.05) is 6.61 Å². The Hall–Kier alpha value is -0.570. The molecule has 1 aliphatic rings. The number of amides is 1. The second-order valence-corrected chi connectivity index (χ2v) is 5.79. The monoisotopic (exact) mass is 213 g/mol. The van der Waals surface area contributed by atoms with Gasteiger partial charge in [-0.15, -0.1) is 0 Å². The zero-order chi connectivity index (χ0) is 11.5. The summed E-state index contributed by atoms with van der Waals surface area (Å²) in [6.07, 6.45) is 4.04. The van der Waals surface area contributed by atoms with Crippen LogP contribution in [0.1, 0.15) is 46.5 Å². The summed E-state index contributed by atoms with van der Waals surface area (Å²) in [5.41, 5.74) is 0.0176. The molecule has 1 aliphatic carbocycles.